The summed E-state index contributed by atoms with van der Waals surface area (Å²) >= 11 is 3.95. The molecule has 1 unspecified atom stereocenters. The fraction of sp³-hybridized carbons (Fsp3) is 0.0769. The molecule has 41 heavy (non-hydrogen) atoms. The van der Waals surface area contributed by atoms with E-state index in [1.165, 1.54) is 44.5 Å². The lowest BCUT2D eigenvalue weighted by atomic mass is 9.67. The highest BCUT2D eigenvalue weighted by atomic mass is 79.9. The molecule has 0 saturated heterocycles. The Balaban J connectivity index is 1.40. The van der Waals surface area contributed by atoms with E-state index in [0.29, 0.717) is 0 Å². The Morgan fingerprint density at radius 2 is 1.27 bits per heavy atom. The Labute approximate surface area is 248 Å². The van der Waals surface area contributed by atoms with Gasteiger partial charge in [0.2, 0.25) is 0 Å². The summed E-state index contributed by atoms with van der Waals surface area (Å²) in [5.41, 5.74) is 13.9. The smallest absolute Gasteiger partial charge is 0.143 e. The second kappa shape index (κ2) is 9.06. The number of hydrogen-bond donors (Lipinski definition) is 0. The molecule has 0 N–H and O–H groups in total. The lowest BCUT2D eigenvalue weighted by Gasteiger charge is -2.34. The van der Waals surface area contributed by atoms with Crippen LogP contribution in [0.4, 0.5) is 0 Å². The highest BCUT2D eigenvalue weighted by Crippen LogP contribution is 2.58. The molecule has 1 heterocycles. The van der Waals surface area contributed by atoms with Crippen molar-refractivity contribution in [3.8, 4) is 22.3 Å². The molecule has 0 spiro atoms. The minimum Gasteiger partial charge on any atom is -0.455 e. The van der Waals surface area contributed by atoms with Crippen molar-refractivity contribution in [1.82, 2.24) is 0 Å². The molecule has 0 bridgehead atoms. The van der Waals surface area contributed by atoms with Gasteiger partial charge in [0.05, 0.1) is 5.41 Å². The molecular formula is C39H27BrO. The molecule has 0 radical (unpaired) electrons. The predicted octanol–water partition coefficient (Wildman–Crippen LogP) is 11.0. The van der Waals surface area contributed by atoms with Crippen LogP contribution in [0.2, 0.25) is 0 Å². The normalized spacial score (nSPS) is 15.8. The van der Waals surface area contributed by atoms with Gasteiger partial charge in [0.1, 0.15) is 11.2 Å². The highest BCUT2D eigenvalue weighted by Gasteiger charge is 2.47. The summed E-state index contributed by atoms with van der Waals surface area (Å²) in [6.07, 6.45) is 0. The maximum atomic E-state index is 6.38. The molecule has 2 heteroatoms. The minimum absolute atomic E-state index is 0.434. The zero-order valence-electron chi connectivity index (χ0n) is 22.9. The molecule has 1 aromatic heterocycles. The summed E-state index contributed by atoms with van der Waals surface area (Å²) in [6, 6.07) is 46.4. The Morgan fingerprint density at radius 3 is 2.10 bits per heavy atom. The quantitative estimate of drug-likeness (QED) is 0.199. The maximum Gasteiger partial charge on any atom is 0.143 e. The summed E-state index contributed by atoms with van der Waals surface area (Å²) in [4.78, 5) is 0. The first-order chi connectivity index (χ1) is 20.1. The molecule has 1 aliphatic carbocycles. The van der Waals surface area contributed by atoms with Crippen molar-refractivity contribution in [3.05, 3.63) is 165 Å². The van der Waals surface area contributed by atoms with Gasteiger partial charge < -0.3 is 4.42 Å². The van der Waals surface area contributed by atoms with Gasteiger partial charge in [0, 0.05) is 26.4 Å². The van der Waals surface area contributed by atoms with Crippen molar-refractivity contribution >= 4 is 37.9 Å². The van der Waals surface area contributed by atoms with Crippen molar-refractivity contribution < 1.29 is 4.42 Å². The Morgan fingerprint density at radius 1 is 0.561 bits per heavy atom. The van der Waals surface area contributed by atoms with Crippen molar-refractivity contribution in [2.75, 3.05) is 0 Å². The molecule has 196 valence electrons. The van der Waals surface area contributed by atoms with Gasteiger partial charge in [0.15, 0.2) is 0 Å². The van der Waals surface area contributed by atoms with Crippen LogP contribution in [0.15, 0.2) is 136 Å². The summed E-state index contributed by atoms with van der Waals surface area (Å²) in [6.45, 7) is 4.38. The minimum atomic E-state index is -0.434. The second-order valence-corrected chi connectivity index (χ2v) is 12.0. The topological polar surface area (TPSA) is 13.1 Å². The van der Waals surface area contributed by atoms with Gasteiger partial charge in [-0.25, -0.2) is 0 Å². The molecule has 7 aromatic rings. The van der Waals surface area contributed by atoms with Gasteiger partial charge in [-0.15, -0.1) is 0 Å². The summed E-state index contributed by atoms with van der Waals surface area (Å²) in [7, 11) is 0. The van der Waals surface area contributed by atoms with Gasteiger partial charge in [-0.3, -0.25) is 0 Å². The van der Waals surface area contributed by atoms with Crippen LogP contribution in [0.25, 0.3) is 44.2 Å². The van der Waals surface area contributed by atoms with Gasteiger partial charge in [-0.05, 0) is 64.9 Å². The molecular weight excluding hydrogens is 564 g/mol. The second-order valence-electron chi connectivity index (χ2n) is 11.2. The number of para-hydroxylation sites is 2. The zero-order valence-corrected chi connectivity index (χ0v) is 24.5. The summed E-state index contributed by atoms with van der Waals surface area (Å²) < 4.78 is 7.53. The van der Waals surface area contributed by atoms with E-state index in [0.717, 1.165) is 37.5 Å². The lowest BCUT2D eigenvalue weighted by Crippen LogP contribution is -2.28. The van der Waals surface area contributed by atoms with Gasteiger partial charge in [0.25, 0.3) is 0 Å². The van der Waals surface area contributed by atoms with Crippen LogP contribution in [0.5, 0.6) is 0 Å². The van der Waals surface area contributed by atoms with Crippen LogP contribution in [-0.2, 0) is 5.41 Å². The monoisotopic (exact) mass is 590 g/mol. The molecule has 0 saturated carbocycles. The number of hydrogen-bond acceptors (Lipinski definition) is 1. The van der Waals surface area contributed by atoms with E-state index in [1.54, 1.807) is 0 Å². The number of halogens is 1. The average molecular weight is 592 g/mol. The first kappa shape index (κ1) is 24.4. The highest BCUT2D eigenvalue weighted by molar-refractivity contribution is 9.10. The van der Waals surface area contributed by atoms with Crippen LogP contribution in [0.3, 0.4) is 0 Å². The molecule has 0 aliphatic heterocycles. The Hall–Kier alpha value is -4.40. The van der Waals surface area contributed by atoms with E-state index in [4.69, 9.17) is 4.42 Å². The summed E-state index contributed by atoms with van der Waals surface area (Å²) in [5, 5.41) is 2.30. The van der Waals surface area contributed by atoms with E-state index in [1.807, 2.05) is 12.1 Å². The molecule has 0 amide bonds. The molecule has 1 aliphatic rings. The predicted molar refractivity (Wildman–Crippen MR) is 174 cm³/mol. The van der Waals surface area contributed by atoms with Crippen molar-refractivity contribution in [3.63, 3.8) is 0 Å². The third-order valence-corrected chi connectivity index (χ3v) is 9.35. The first-order valence-electron chi connectivity index (χ1n) is 14.0. The third kappa shape index (κ3) is 3.47. The van der Waals surface area contributed by atoms with E-state index >= 15 is 0 Å². The molecule has 1 nitrogen and oxygen atoms in total. The average Bonchev–Trinajstić information content (AvgIpc) is 3.51. The van der Waals surface area contributed by atoms with Crippen molar-refractivity contribution in [2.24, 2.45) is 0 Å². The maximum absolute atomic E-state index is 6.38. The number of rotatable bonds is 3. The van der Waals surface area contributed by atoms with E-state index in [9.17, 15) is 0 Å². The SMILES string of the molecule is Cc1ccc2c(c1)C(c1ccccc1)(c1ccc(-c3cccc4c3oc3ccccc34)cc1)c1cc(C)cc(Br)c1-2. The van der Waals surface area contributed by atoms with Crippen molar-refractivity contribution in [1.29, 1.82) is 0 Å². The first-order valence-corrected chi connectivity index (χ1v) is 14.8. The van der Waals surface area contributed by atoms with E-state index in [2.05, 4.69) is 145 Å². The third-order valence-electron chi connectivity index (χ3n) is 8.73. The van der Waals surface area contributed by atoms with Gasteiger partial charge in [-0.1, -0.05) is 137 Å². The molecule has 6 aromatic carbocycles. The molecule has 0 fully saturated rings. The van der Waals surface area contributed by atoms with E-state index < -0.39 is 5.41 Å². The fourth-order valence-corrected chi connectivity index (χ4v) is 7.78. The lowest BCUT2D eigenvalue weighted by molar-refractivity contribution is 0.670. The molecule has 8 rings (SSSR count). The number of furan rings is 1. The van der Waals surface area contributed by atoms with Crippen molar-refractivity contribution in [2.45, 2.75) is 19.3 Å². The van der Waals surface area contributed by atoms with Crippen LogP contribution < -0.4 is 0 Å². The standard InChI is InChI=1S/C39H27BrO/c1-24-15-20-32-33(21-24)39(27-9-4-3-5-10-27,34-22-25(2)23-35(40)37(32)34)28-18-16-26(17-19-28)29-12-8-13-31-30-11-6-7-14-36(30)41-38(29)31/h3-23H,1-2H3. The summed E-state index contributed by atoms with van der Waals surface area (Å²) in [5.74, 6) is 0. The van der Waals surface area contributed by atoms with Crippen LogP contribution >= 0.6 is 15.9 Å². The number of aryl methyl sites for hydroxylation is 2. The number of benzene rings is 6. The van der Waals surface area contributed by atoms with Gasteiger partial charge >= 0.3 is 0 Å². The Bertz CT molecular complexity index is 2120. The van der Waals surface area contributed by atoms with E-state index in [-0.39, 0.29) is 0 Å². The van der Waals surface area contributed by atoms with Gasteiger partial charge in [-0.2, -0.15) is 0 Å². The largest absolute Gasteiger partial charge is 0.455 e. The molecule has 1 atom stereocenters. The Kier molecular flexibility index (Phi) is 5.39. The van der Waals surface area contributed by atoms with Crippen LogP contribution in [0, 0.1) is 13.8 Å². The zero-order chi connectivity index (χ0) is 27.7. The fourth-order valence-electron chi connectivity index (χ4n) is 6.99. The number of fused-ring (bicyclic) bond motifs is 6. The van der Waals surface area contributed by atoms with Crippen LogP contribution in [0.1, 0.15) is 33.4 Å². The van der Waals surface area contributed by atoms with Crippen LogP contribution in [-0.4, -0.2) is 0 Å².